The minimum Gasteiger partial charge on any atom is -0.497 e. The summed E-state index contributed by atoms with van der Waals surface area (Å²) in [4.78, 5) is 21.9. The lowest BCUT2D eigenvalue weighted by Gasteiger charge is -2.08. The van der Waals surface area contributed by atoms with Crippen LogP contribution in [0.1, 0.15) is 15.9 Å². The van der Waals surface area contributed by atoms with Crippen molar-refractivity contribution in [2.24, 2.45) is 0 Å². The molecule has 2 heterocycles. The van der Waals surface area contributed by atoms with Gasteiger partial charge >= 0.3 is 0 Å². The van der Waals surface area contributed by atoms with E-state index in [0.29, 0.717) is 35.3 Å². The van der Waals surface area contributed by atoms with Crippen LogP contribution in [0.25, 0.3) is 11.5 Å². The highest BCUT2D eigenvalue weighted by atomic mass is 16.5. The lowest BCUT2D eigenvalue weighted by atomic mass is 10.2. The molecule has 0 fully saturated rings. The van der Waals surface area contributed by atoms with Crippen molar-refractivity contribution >= 4 is 11.9 Å². The Kier molecular flexibility index (Phi) is 5.29. The molecule has 2 aromatic carbocycles. The van der Waals surface area contributed by atoms with Gasteiger partial charge in [0.1, 0.15) is 11.4 Å². The van der Waals surface area contributed by atoms with Gasteiger partial charge in [0.15, 0.2) is 0 Å². The first-order chi connectivity index (χ1) is 14.2. The molecule has 0 aliphatic heterocycles. The van der Waals surface area contributed by atoms with E-state index >= 15 is 0 Å². The van der Waals surface area contributed by atoms with Crippen LogP contribution in [0.3, 0.4) is 0 Å². The van der Waals surface area contributed by atoms with Gasteiger partial charge in [-0.05, 0) is 35.9 Å². The van der Waals surface area contributed by atoms with Gasteiger partial charge in [0.25, 0.3) is 5.91 Å². The van der Waals surface area contributed by atoms with Crippen LogP contribution < -0.4 is 10.1 Å². The molecule has 7 heteroatoms. The van der Waals surface area contributed by atoms with E-state index in [0.717, 1.165) is 5.56 Å². The van der Waals surface area contributed by atoms with Crippen molar-refractivity contribution in [1.82, 2.24) is 19.7 Å². The first-order valence-corrected chi connectivity index (χ1v) is 9.09. The molecule has 0 aliphatic rings. The predicted molar refractivity (Wildman–Crippen MR) is 110 cm³/mol. The Morgan fingerprint density at radius 2 is 1.86 bits per heavy atom. The van der Waals surface area contributed by atoms with E-state index in [4.69, 9.17) is 4.74 Å². The molecular weight excluding hydrogens is 366 g/mol. The van der Waals surface area contributed by atoms with Crippen molar-refractivity contribution in [3.8, 4) is 17.3 Å². The van der Waals surface area contributed by atoms with Gasteiger partial charge in [0.2, 0.25) is 11.8 Å². The van der Waals surface area contributed by atoms with Gasteiger partial charge in [0.05, 0.1) is 7.11 Å². The lowest BCUT2D eigenvalue weighted by molar-refractivity contribution is 0.0947. The second-order valence-electron chi connectivity index (χ2n) is 6.26. The van der Waals surface area contributed by atoms with Crippen molar-refractivity contribution in [1.29, 1.82) is 0 Å². The normalized spacial score (nSPS) is 10.5. The number of methoxy groups -OCH3 is 1. The van der Waals surface area contributed by atoms with Crippen LogP contribution in [0.2, 0.25) is 0 Å². The molecule has 0 radical (unpaired) electrons. The second kappa shape index (κ2) is 8.35. The first-order valence-electron chi connectivity index (χ1n) is 9.09. The van der Waals surface area contributed by atoms with E-state index in [1.807, 2.05) is 42.5 Å². The number of hydrogen-bond acceptors (Lipinski definition) is 6. The Labute approximate surface area is 168 Å². The third-order valence-corrected chi connectivity index (χ3v) is 4.30. The van der Waals surface area contributed by atoms with Crippen LogP contribution in [0.4, 0.5) is 5.95 Å². The predicted octanol–water partition coefficient (Wildman–Crippen LogP) is 3.65. The van der Waals surface area contributed by atoms with E-state index in [9.17, 15) is 4.79 Å². The molecule has 0 aliphatic carbocycles. The fraction of sp³-hybridized carbons (Fsp3) is 0.0909. The van der Waals surface area contributed by atoms with E-state index < -0.39 is 0 Å². The van der Waals surface area contributed by atoms with Crippen LogP contribution >= 0.6 is 0 Å². The largest absolute Gasteiger partial charge is 0.497 e. The summed E-state index contributed by atoms with van der Waals surface area (Å²) in [7, 11) is 1.56. The topological polar surface area (TPSA) is 81.9 Å². The van der Waals surface area contributed by atoms with Crippen LogP contribution in [-0.2, 0) is 6.54 Å². The molecule has 29 heavy (non-hydrogen) atoms. The highest BCUT2D eigenvalue weighted by Crippen LogP contribution is 2.19. The van der Waals surface area contributed by atoms with Crippen LogP contribution in [0, 0.1) is 0 Å². The number of carbonyl (C=O) groups excluding carboxylic acids is 1. The van der Waals surface area contributed by atoms with Crippen molar-refractivity contribution < 1.29 is 9.53 Å². The minimum atomic E-state index is -0.311. The Hall–Kier alpha value is -4.00. The van der Waals surface area contributed by atoms with Crippen LogP contribution in [0.15, 0.2) is 79.0 Å². The summed E-state index contributed by atoms with van der Waals surface area (Å²) in [5, 5.41) is 7.62. The SMILES string of the molecule is COc1cccc(C(=O)n2nc(-c3ccccn3)nc2NCc2ccccc2)c1. The van der Waals surface area contributed by atoms with Gasteiger partial charge in [-0.2, -0.15) is 9.67 Å². The van der Waals surface area contributed by atoms with Crippen molar-refractivity contribution in [2.45, 2.75) is 6.54 Å². The molecule has 4 rings (SSSR count). The number of carbonyl (C=O) groups is 1. The summed E-state index contributed by atoms with van der Waals surface area (Å²) in [5.74, 6) is 1.01. The van der Waals surface area contributed by atoms with Gasteiger partial charge in [-0.1, -0.05) is 42.5 Å². The molecule has 144 valence electrons. The van der Waals surface area contributed by atoms with E-state index in [-0.39, 0.29) is 5.91 Å². The Morgan fingerprint density at radius 3 is 2.62 bits per heavy atom. The molecule has 0 unspecified atom stereocenters. The first kappa shape index (κ1) is 18.4. The summed E-state index contributed by atoms with van der Waals surface area (Å²) < 4.78 is 6.49. The summed E-state index contributed by atoms with van der Waals surface area (Å²) in [6.45, 7) is 0.507. The Balaban J connectivity index is 1.70. The minimum absolute atomic E-state index is 0.311. The fourth-order valence-corrected chi connectivity index (χ4v) is 2.83. The zero-order valence-electron chi connectivity index (χ0n) is 15.8. The van der Waals surface area contributed by atoms with Gasteiger partial charge in [-0.15, -0.1) is 5.10 Å². The highest BCUT2D eigenvalue weighted by Gasteiger charge is 2.19. The molecule has 1 N–H and O–H groups in total. The maximum atomic E-state index is 13.1. The maximum Gasteiger partial charge on any atom is 0.281 e. The molecule has 0 bridgehead atoms. The van der Waals surface area contributed by atoms with Crippen molar-refractivity contribution in [3.05, 3.63) is 90.1 Å². The summed E-state index contributed by atoms with van der Waals surface area (Å²) in [6.07, 6.45) is 1.66. The number of benzene rings is 2. The third-order valence-electron chi connectivity index (χ3n) is 4.30. The zero-order chi connectivity index (χ0) is 20.1. The van der Waals surface area contributed by atoms with Crippen LogP contribution in [-0.4, -0.2) is 32.8 Å². The number of nitrogens with one attached hydrogen (secondary N) is 1. The number of hydrogen-bond donors (Lipinski definition) is 1. The average Bonchev–Trinajstić information content (AvgIpc) is 3.23. The summed E-state index contributed by atoms with van der Waals surface area (Å²) in [6, 6.07) is 22.3. The van der Waals surface area contributed by atoms with E-state index in [1.54, 1.807) is 43.6 Å². The molecule has 0 spiro atoms. The van der Waals surface area contributed by atoms with E-state index in [1.165, 1.54) is 4.68 Å². The number of nitrogens with zero attached hydrogens (tertiary/aromatic N) is 4. The number of ether oxygens (including phenoxy) is 1. The second-order valence-corrected chi connectivity index (χ2v) is 6.26. The van der Waals surface area contributed by atoms with E-state index in [2.05, 4.69) is 20.4 Å². The van der Waals surface area contributed by atoms with Gasteiger partial charge in [-0.3, -0.25) is 9.78 Å². The maximum absolute atomic E-state index is 13.1. The summed E-state index contributed by atoms with van der Waals surface area (Å²) >= 11 is 0. The molecule has 0 atom stereocenters. The number of aromatic nitrogens is 4. The molecule has 2 aromatic heterocycles. The standard InChI is InChI=1S/C22H19N5O2/c1-29-18-11-7-10-17(14-18)21(28)27-22(24-15-16-8-3-2-4-9-16)25-20(26-27)19-12-5-6-13-23-19/h2-14H,15H2,1H3,(H,24,25,26). The molecule has 0 amide bonds. The monoisotopic (exact) mass is 385 g/mol. The fourth-order valence-electron chi connectivity index (χ4n) is 2.83. The third kappa shape index (κ3) is 4.14. The molecule has 4 aromatic rings. The highest BCUT2D eigenvalue weighted by molar-refractivity contribution is 5.97. The number of anilines is 1. The molecule has 7 nitrogen and oxygen atoms in total. The smallest absolute Gasteiger partial charge is 0.281 e. The Bertz CT molecular complexity index is 1110. The lowest BCUT2D eigenvalue weighted by Crippen LogP contribution is -2.17. The number of rotatable bonds is 6. The zero-order valence-corrected chi connectivity index (χ0v) is 15.8. The quantitative estimate of drug-likeness (QED) is 0.546. The number of pyridine rings is 1. The van der Waals surface area contributed by atoms with Gasteiger partial charge in [-0.25, -0.2) is 0 Å². The average molecular weight is 385 g/mol. The van der Waals surface area contributed by atoms with Crippen molar-refractivity contribution in [3.63, 3.8) is 0 Å². The Morgan fingerprint density at radius 1 is 1.03 bits per heavy atom. The molecule has 0 saturated heterocycles. The molecular formula is C22H19N5O2. The summed E-state index contributed by atoms with van der Waals surface area (Å²) in [5.41, 5.74) is 2.10. The van der Waals surface area contributed by atoms with Crippen LogP contribution in [0.5, 0.6) is 5.75 Å². The molecule has 0 saturated carbocycles. The van der Waals surface area contributed by atoms with Gasteiger partial charge in [0, 0.05) is 18.3 Å². The van der Waals surface area contributed by atoms with Gasteiger partial charge < -0.3 is 10.1 Å². The van der Waals surface area contributed by atoms with Crippen molar-refractivity contribution in [2.75, 3.05) is 12.4 Å².